The second kappa shape index (κ2) is 5.92. The summed E-state index contributed by atoms with van der Waals surface area (Å²) in [7, 11) is 1.31. The van der Waals surface area contributed by atoms with Crippen molar-refractivity contribution in [3.05, 3.63) is 28.3 Å². The Morgan fingerprint density at radius 1 is 1.30 bits per heavy atom. The summed E-state index contributed by atoms with van der Waals surface area (Å²) < 4.78 is 28.2. The molecule has 0 atom stereocenters. The molecule has 0 aromatic heterocycles. The number of ether oxygens (including phenoxy) is 1. The maximum atomic E-state index is 12.0. The van der Waals surface area contributed by atoms with Crippen LogP contribution in [0, 0.1) is 6.92 Å². The van der Waals surface area contributed by atoms with Crippen molar-refractivity contribution >= 4 is 37.3 Å². The van der Waals surface area contributed by atoms with Crippen molar-refractivity contribution in [3.8, 4) is 0 Å². The average molecular weight is 337 g/mol. The average Bonchev–Trinajstić information content (AvgIpc) is 2.83. The Morgan fingerprint density at radius 3 is 2.45 bits per heavy atom. The topological polar surface area (TPSA) is 60.4 Å². The Morgan fingerprint density at radius 2 is 1.90 bits per heavy atom. The number of aryl methyl sites for hydroxylation is 1. The predicted molar refractivity (Wildman–Crippen MR) is 76.9 cm³/mol. The standard InChI is InChI=1S/C13H14Cl2O4S/c1-8-6-9(7-11(12(8)14)20(15,17)18)13(16)19-10-4-2-3-5-10/h6-7,10H,2-5H2,1H3. The molecule has 110 valence electrons. The zero-order chi connectivity index (χ0) is 14.9. The molecular weight excluding hydrogens is 323 g/mol. The third-order valence-corrected chi connectivity index (χ3v) is 5.26. The van der Waals surface area contributed by atoms with Gasteiger partial charge in [0.25, 0.3) is 9.05 Å². The van der Waals surface area contributed by atoms with E-state index in [1.807, 2.05) is 0 Å². The van der Waals surface area contributed by atoms with Crippen LogP contribution in [0.3, 0.4) is 0 Å². The molecule has 0 bridgehead atoms. The third kappa shape index (κ3) is 3.45. The first-order valence-corrected chi connectivity index (χ1v) is 8.93. The number of esters is 1. The van der Waals surface area contributed by atoms with Crippen molar-refractivity contribution in [1.29, 1.82) is 0 Å². The van der Waals surface area contributed by atoms with Crippen LogP contribution in [0.25, 0.3) is 0 Å². The van der Waals surface area contributed by atoms with Crippen molar-refractivity contribution in [2.45, 2.75) is 43.6 Å². The molecule has 1 fully saturated rings. The van der Waals surface area contributed by atoms with E-state index in [9.17, 15) is 13.2 Å². The lowest BCUT2D eigenvalue weighted by atomic mass is 10.1. The molecule has 20 heavy (non-hydrogen) atoms. The molecule has 1 aromatic rings. The quantitative estimate of drug-likeness (QED) is 0.624. The summed E-state index contributed by atoms with van der Waals surface area (Å²) in [5.74, 6) is -0.543. The molecule has 7 heteroatoms. The molecule has 0 unspecified atom stereocenters. The number of carbonyl (C=O) groups is 1. The lowest BCUT2D eigenvalue weighted by Crippen LogP contribution is -2.15. The smallest absolute Gasteiger partial charge is 0.338 e. The number of hydrogen-bond donors (Lipinski definition) is 0. The number of hydrogen-bond acceptors (Lipinski definition) is 4. The van der Waals surface area contributed by atoms with E-state index >= 15 is 0 Å². The fourth-order valence-corrected chi connectivity index (χ4v) is 3.80. The normalized spacial score (nSPS) is 16.4. The molecule has 0 radical (unpaired) electrons. The van der Waals surface area contributed by atoms with Gasteiger partial charge in [0.05, 0.1) is 10.6 Å². The Kier molecular flexibility index (Phi) is 4.62. The van der Waals surface area contributed by atoms with E-state index in [2.05, 4.69) is 0 Å². The van der Waals surface area contributed by atoms with Crippen LogP contribution in [0.2, 0.25) is 5.02 Å². The van der Waals surface area contributed by atoms with E-state index < -0.39 is 15.0 Å². The molecule has 4 nitrogen and oxygen atoms in total. The van der Waals surface area contributed by atoms with Crippen molar-refractivity contribution < 1.29 is 17.9 Å². The summed E-state index contributed by atoms with van der Waals surface area (Å²) in [6.07, 6.45) is 3.69. The van der Waals surface area contributed by atoms with Gasteiger partial charge < -0.3 is 4.74 Å². The van der Waals surface area contributed by atoms with E-state index in [-0.39, 0.29) is 21.6 Å². The van der Waals surface area contributed by atoms with E-state index in [0.29, 0.717) is 5.56 Å². The van der Waals surface area contributed by atoms with E-state index in [0.717, 1.165) is 31.7 Å². The first-order valence-electron chi connectivity index (χ1n) is 6.25. The maximum Gasteiger partial charge on any atom is 0.338 e. The maximum absolute atomic E-state index is 12.0. The SMILES string of the molecule is Cc1cc(C(=O)OC2CCCC2)cc(S(=O)(=O)Cl)c1Cl. The molecule has 0 amide bonds. The minimum atomic E-state index is -4.01. The molecule has 0 aliphatic heterocycles. The lowest BCUT2D eigenvalue weighted by molar-refractivity contribution is 0.0317. The summed E-state index contributed by atoms with van der Waals surface area (Å²) in [5, 5.41) is 0.0254. The molecule has 0 N–H and O–H groups in total. The van der Waals surface area contributed by atoms with Crippen LogP contribution in [-0.2, 0) is 13.8 Å². The highest BCUT2D eigenvalue weighted by atomic mass is 35.7. The van der Waals surface area contributed by atoms with Gasteiger partial charge in [0, 0.05) is 10.7 Å². The number of carbonyl (C=O) groups excluding carboxylic acids is 1. The largest absolute Gasteiger partial charge is 0.459 e. The zero-order valence-electron chi connectivity index (χ0n) is 10.9. The number of halogens is 2. The van der Waals surface area contributed by atoms with Gasteiger partial charge in [0.1, 0.15) is 11.0 Å². The summed E-state index contributed by atoms with van der Waals surface area (Å²) >= 11 is 5.91. The van der Waals surface area contributed by atoms with Crippen molar-refractivity contribution in [3.63, 3.8) is 0 Å². The lowest BCUT2D eigenvalue weighted by Gasteiger charge is -2.13. The van der Waals surface area contributed by atoms with Gasteiger partial charge in [-0.05, 0) is 50.3 Å². The minimum Gasteiger partial charge on any atom is -0.459 e. The first kappa shape index (κ1) is 15.6. The second-order valence-corrected chi connectivity index (χ2v) is 7.77. The van der Waals surface area contributed by atoms with Crippen LogP contribution < -0.4 is 0 Å². The van der Waals surface area contributed by atoms with Crippen LogP contribution in [0.15, 0.2) is 17.0 Å². The molecule has 1 aliphatic carbocycles. The highest BCUT2D eigenvalue weighted by molar-refractivity contribution is 8.13. The Balaban J connectivity index is 2.32. The highest BCUT2D eigenvalue weighted by Gasteiger charge is 2.23. The summed E-state index contributed by atoms with van der Waals surface area (Å²) in [6.45, 7) is 1.61. The van der Waals surface area contributed by atoms with Gasteiger partial charge in [0.15, 0.2) is 0 Å². The van der Waals surface area contributed by atoms with Gasteiger partial charge in [-0.1, -0.05) is 11.6 Å². The summed E-state index contributed by atoms with van der Waals surface area (Å²) in [4.78, 5) is 11.8. The van der Waals surface area contributed by atoms with E-state index in [1.165, 1.54) is 6.07 Å². The van der Waals surface area contributed by atoms with Gasteiger partial charge in [0.2, 0.25) is 0 Å². The second-order valence-electron chi connectivity index (χ2n) is 4.85. The Labute approximate surface area is 127 Å². The van der Waals surface area contributed by atoms with Gasteiger partial charge in [-0.15, -0.1) is 0 Å². The van der Waals surface area contributed by atoms with Crippen LogP contribution in [0.4, 0.5) is 0 Å². The molecule has 0 heterocycles. The highest BCUT2D eigenvalue weighted by Crippen LogP contribution is 2.30. The van der Waals surface area contributed by atoms with Gasteiger partial charge in [-0.25, -0.2) is 13.2 Å². The van der Waals surface area contributed by atoms with Gasteiger partial charge in [-0.2, -0.15) is 0 Å². The predicted octanol–water partition coefficient (Wildman–Crippen LogP) is 3.68. The molecular formula is C13H14Cl2O4S. The molecule has 0 saturated heterocycles. The van der Waals surface area contributed by atoms with Crippen LogP contribution >= 0.6 is 22.3 Å². The fraction of sp³-hybridized carbons (Fsp3) is 0.462. The van der Waals surface area contributed by atoms with Crippen molar-refractivity contribution in [1.82, 2.24) is 0 Å². The number of rotatable bonds is 3. The van der Waals surface area contributed by atoms with Gasteiger partial charge >= 0.3 is 5.97 Å². The summed E-state index contributed by atoms with van der Waals surface area (Å²) in [6, 6.07) is 2.67. The monoisotopic (exact) mass is 336 g/mol. The minimum absolute atomic E-state index is 0.0254. The van der Waals surface area contributed by atoms with Gasteiger partial charge in [-0.3, -0.25) is 0 Å². The van der Waals surface area contributed by atoms with Crippen LogP contribution in [-0.4, -0.2) is 20.5 Å². The molecule has 1 saturated carbocycles. The first-order chi connectivity index (χ1) is 9.29. The summed E-state index contributed by atoms with van der Waals surface area (Å²) in [5.41, 5.74) is 0.616. The third-order valence-electron chi connectivity index (χ3n) is 3.30. The fourth-order valence-electron chi connectivity index (χ4n) is 2.26. The zero-order valence-corrected chi connectivity index (χ0v) is 13.2. The van der Waals surface area contributed by atoms with Crippen LogP contribution in [0.5, 0.6) is 0 Å². The van der Waals surface area contributed by atoms with E-state index in [1.54, 1.807) is 6.92 Å². The molecule has 2 rings (SSSR count). The molecule has 1 aromatic carbocycles. The molecule has 0 spiro atoms. The van der Waals surface area contributed by atoms with Crippen LogP contribution in [0.1, 0.15) is 41.6 Å². The van der Waals surface area contributed by atoms with Crippen molar-refractivity contribution in [2.24, 2.45) is 0 Å². The van der Waals surface area contributed by atoms with E-state index in [4.69, 9.17) is 27.0 Å². The Bertz CT molecular complexity index is 634. The van der Waals surface area contributed by atoms with Crippen molar-refractivity contribution in [2.75, 3.05) is 0 Å². The number of benzene rings is 1. The Hall–Kier alpha value is -0.780. The molecule has 1 aliphatic rings.